The number of allylic oxidation sites excluding steroid dienone is 1. The van der Waals surface area contributed by atoms with Crippen molar-refractivity contribution in [3.63, 3.8) is 0 Å². The first kappa shape index (κ1) is 25.0. The summed E-state index contributed by atoms with van der Waals surface area (Å²) in [5, 5.41) is 31.7. The summed E-state index contributed by atoms with van der Waals surface area (Å²) in [7, 11) is 0. The number of fused-ring (bicyclic) bond motifs is 5. The lowest BCUT2D eigenvalue weighted by Crippen LogP contribution is -2.62. The Balaban J connectivity index is 1.49. The monoisotopic (exact) mass is 476 g/mol. The van der Waals surface area contributed by atoms with Gasteiger partial charge in [-0.05, 0) is 74.2 Å². The average Bonchev–Trinajstić information content (AvgIpc) is 3.03. The van der Waals surface area contributed by atoms with Gasteiger partial charge in [0.2, 0.25) is 5.78 Å². The quantitative estimate of drug-likeness (QED) is 0.477. The number of carbonyl (C=O) groups is 4. The third-order valence-corrected chi connectivity index (χ3v) is 9.65. The Morgan fingerprint density at radius 1 is 1.12 bits per heavy atom. The predicted octanol–water partition coefficient (Wildman–Crippen LogP) is 2.59. The summed E-state index contributed by atoms with van der Waals surface area (Å²) >= 11 is 0. The van der Waals surface area contributed by atoms with Crippen molar-refractivity contribution in [2.45, 2.75) is 89.8 Å². The molecular formula is C26H36O8. The van der Waals surface area contributed by atoms with Gasteiger partial charge in [-0.3, -0.25) is 19.2 Å². The predicted molar refractivity (Wildman–Crippen MR) is 121 cm³/mol. The van der Waals surface area contributed by atoms with E-state index in [1.54, 1.807) is 6.08 Å². The Bertz CT molecular complexity index is 924. The van der Waals surface area contributed by atoms with Crippen LogP contribution in [0, 0.1) is 28.6 Å². The highest BCUT2D eigenvalue weighted by Crippen LogP contribution is 2.67. The summed E-state index contributed by atoms with van der Waals surface area (Å²) in [5.74, 6) is -1.88. The second kappa shape index (κ2) is 8.86. The van der Waals surface area contributed by atoms with Gasteiger partial charge in [0.25, 0.3) is 0 Å². The van der Waals surface area contributed by atoms with Gasteiger partial charge in [0, 0.05) is 24.7 Å². The molecule has 3 fully saturated rings. The van der Waals surface area contributed by atoms with Crippen molar-refractivity contribution in [3.8, 4) is 0 Å². The van der Waals surface area contributed by atoms with E-state index in [1.165, 1.54) is 0 Å². The van der Waals surface area contributed by atoms with Crippen LogP contribution < -0.4 is 0 Å². The van der Waals surface area contributed by atoms with Crippen molar-refractivity contribution in [2.24, 2.45) is 28.6 Å². The van der Waals surface area contributed by atoms with Crippen LogP contribution in [0.15, 0.2) is 11.6 Å². The number of aliphatic carboxylic acids is 1. The topological polar surface area (TPSA) is 138 Å². The van der Waals surface area contributed by atoms with Crippen molar-refractivity contribution in [1.82, 2.24) is 0 Å². The SMILES string of the molecule is CC12CCC(=O)C=C1CCC1C2C(O)CC2(C)C1CCC2(O)C(=O)COC(=O)CCCC(=O)O. The number of hydrogen-bond donors (Lipinski definition) is 3. The molecule has 0 amide bonds. The van der Waals surface area contributed by atoms with Crippen LogP contribution in [-0.4, -0.2) is 57.1 Å². The number of ether oxygens (including phenoxy) is 1. The van der Waals surface area contributed by atoms with Crippen LogP contribution in [0.25, 0.3) is 0 Å². The van der Waals surface area contributed by atoms with E-state index >= 15 is 0 Å². The molecule has 7 atom stereocenters. The molecule has 0 bridgehead atoms. The number of rotatable bonds is 7. The van der Waals surface area contributed by atoms with Gasteiger partial charge in [0.15, 0.2) is 12.4 Å². The fraction of sp³-hybridized carbons (Fsp3) is 0.769. The molecule has 8 heteroatoms. The van der Waals surface area contributed by atoms with Gasteiger partial charge in [-0.1, -0.05) is 19.4 Å². The number of Topliss-reactive ketones (excluding diaryl/α,β-unsaturated/α-hetero) is 1. The lowest BCUT2D eigenvalue weighted by molar-refractivity contribution is -0.184. The lowest BCUT2D eigenvalue weighted by Gasteiger charge is -2.60. The Morgan fingerprint density at radius 3 is 2.56 bits per heavy atom. The zero-order valence-electron chi connectivity index (χ0n) is 20.0. The second-order valence-corrected chi connectivity index (χ2v) is 11.3. The molecule has 4 rings (SSSR count). The van der Waals surface area contributed by atoms with Crippen molar-refractivity contribution in [3.05, 3.63) is 11.6 Å². The minimum absolute atomic E-state index is 0.0109. The molecule has 8 nitrogen and oxygen atoms in total. The standard InChI is InChI=1S/C26H36O8/c1-24-10-8-16(27)12-15(24)6-7-17-18-9-11-26(33,25(18,2)13-19(28)23(17)24)20(29)14-34-22(32)5-3-4-21(30)31/h12,17-19,23,28,33H,3-11,13-14H2,1-2H3,(H,30,31). The van der Waals surface area contributed by atoms with Crippen LogP contribution >= 0.6 is 0 Å². The minimum Gasteiger partial charge on any atom is -0.481 e. The number of esters is 1. The lowest BCUT2D eigenvalue weighted by atomic mass is 9.45. The normalized spacial score (nSPS) is 41.1. The van der Waals surface area contributed by atoms with Crippen molar-refractivity contribution < 1.29 is 39.2 Å². The molecule has 4 aliphatic rings. The van der Waals surface area contributed by atoms with E-state index in [1.807, 2.05) is 6.92 Å². The zero-order valence-corrected chi connectivity index (χ0v) is 20.0. The Kier molecular flexibility index (Phi) is 6.53. The highest BCUT2D eigenvalue weighted by atomic mass is 16.5. The molecule has 0 aromatic heterocycles. The third-order valence-electron chi connectivity index (χ3n) is 9.65. The maximum atomic E-state index is 13.2. The number of aliphatic hydroxyl groups excluding tert-OH is 1. The molecule has 0 aliphatic heterocycles. The summed E-state index contributed by atoms with van der Waals surface area (Å²) in [6, 6.07) is 0. The van der Waals surface area contributed by atoms with Crippen molar-refractivity contribution in [2.75, 3.05) is 6.61 Å². The molecule has 0 aromatic rings. The first-order chi connectivity index (χ1) is 15.9. The number of carboxylic acid groups (broad SMARTS) is 1. The molecule has 0 radical (unpaired) electrons. The molecule has 3 N–H and O–H groups in total. The molecular weight excluding hydrogens is 440 g/mol. The Hall–Kier alpha value is -2.06. The molecule has 188 valence electrons. The van der Waals surface area contributed by atoms with E-state index in [2.05, 4.69) is 6.92 Å². The maximum absolute atomic E-state index is 13.2. The number of ketones is 2. The number of hydrogen-bond acceptors (Lipinski definition) is 7. The largest absolute Gasteiger partial charge is 0.481 e. The fourth-order valence-electron chi connectivity index (χ4n) is 7.87. The van der Waals surface area contributed by atoms with Crippen LogP contribution in [0.1, 0.15) is 78.1 Å². The number of aliphatic hydroxyl groups is 2. The highest BCUT2D eigenvalue weighted by molar-refractivity contribution is 5.92. The van der Waals surface area contributed by atoms with E-state index in [0.29, 0.717) is 12.8 Å². The first-order valence-electron chi connectivity index (χ1n) is 12.5. The van der Waals surface area contributed by atoms with Crippen LogP contribution in [-0.2, 0) is 23.9 Å². The van der Waals surface area contributed by atoms with Crippen LogP contribution in [0.3, 0.4) is 0 Å². The second-order valence-electron chi connectivity index (χ2n) is 11.3. The smallest absolute Gasteiger partial charge is 0.306 e. The van der Waals surface area contributed by atoms with Gasteiger partial charge in [-0.15, -0.1) is 0 Å². The minimum atomic E-state index is -1.69. The summed E-state index contributed by atoms with van der Waals surface area (Å²) in [6.45, 7) is 3.49. The van der Waals surface area contributed by atoms with Gasteiger partial charge < -0.3 is 20.1 Å². The Labute approximate surface area is 199 Å². The van der Waals surface area contributed by atoms with E-state index in [4.69, 9.17) is 9.84 Å². The van der Waals surface area contributed by atoms with Gasteiger partial charge in [-0.2, -0.15) is 0 Å². The van der Waals surface area contributed by atoms with Gasteiger partial charge >= 0.3 is 11.9 Å². The van der Waals surface area contributed by atoms with Gasteiger partial charge in [0.05, 0.1) is 6.10 Å². The fourth-order valence-corrected chi connectivity index (χ4v) is 7.87. The first-order valence-corrected chi connectivity index (χ1v) is 12.5. The maximum Gasteiger partial charge on any atom is 0.306 e. The van der Waals surface area contributed by atoms with E-state index in [0.717, 1.165) is 24.8 Å². The summed E-state index contributed by atoms with van der Waals surface area (Å²) < 4.78 is 5.07. The third kappa shape index (κ3) is 3.92. The van der Waals surface area contributed by atoms with E-state index < -0.39 is 41.4 Å². The molecule has 7 unspecified atom stereocenters. The molecule has 0 spiro atoms. The highest BCUT2D eigenvalue weighted by Gasteiger charge is 2.68. The van der Waals surface area contributed by atoms with E-state index in [-0.39, 0.29) is 61.1 Å². The molecule has 34 heavy (non-hydrogen) atoms. The molecule has 0 saturated heterocycles. The molecule has 4 aliphatic carbocycles. The molecule has 3 saturated carbocycles. The summed E-state index contributed by atoms with van der Waals surface area (Å²) in [4.78, 5) is 47.7. The molecule has 0 heterocycles. The molecule has 0 aromatic carbocycles. The number of carbonyl (C=O) groups excluding carboxylic acids is 3. The van der Waals surface area contributed by atoms with E-state index in [9.17, 15) is 29.4 Å². The van der Waals surface area contributed by atoms with Gasteiger partial charge in [-0.25, -0.2) is 0 Å². The zero-order chi connectivity index (χ0) is 24.9. The summed E-state index contributed by atoms with van der Waals surface area (Å²) in [6.07, 6.45) is 4.97. The average molecular weight is 477 g/mol. The van der Waals surface area contributed by atoms with Crippen molar-refractivity contribution >= 4 is 23.5 Å². The van der Waals surface area contributed by atoms with Gasteiger partial charge in [0.1, 0.15) is 5.60 Å². The van der Waals surface area contributed by atoms with Crippen LogP contribution in [0.2, 0.25) is 0 Å². The van der Waals surface area contributed by atoms with Crippen LogP contribution in [0.5, 0.6) is 0 Å². The van der Waals surface area contributed by atoms with Crippen LogP contribution in [0.4, 0.5) is 0 Å². The summed E-state index contributed by atoms with van der Waals surface area (Å²) in [5.41, 5.74) is -1.63. The Morgan fingerprint density at radius 2 is 1.85 bits per heavy atom. The number of carboxylic acids is 1. The van der Waals surface area contributed by atoms with Crippen molar-refractivity contribution in [1.29, 1.82) is 0 Å².